The van der Waals surface area contributed by atoms with Crippen LogP contribution in [0.25, 0.3) is 0 Å². The quantitative estimate of drug-likeness (QED) is 0.853. The minimum absolute atomic E-state index is 0.230. The van der Waals surface area contributed by atoms with Crippen molar-refractivity contribution < 1.29 is 12.8 Å². The van der Waals surface area contributed by atoms with E-state index in [-0.39, 0.29) is 12.1 Å². The Morgan fingerprint density at radius 3 is 3.09 bits per heavy atom. The van der Waals surface area contributed by atoms with E-state index in [1.54, 1.807) is 30.3 Å². The molecule has 0 unspecified atom stereocenters. The predicted molar refractivity (Wildman–Crippen MR) is 78.9 cm³/mol. The van der Waals surface area contributed by atoms with Gasteiger partial charge in [-0.15, -0.1) is 0 Å². The van der Waals surface area contributed by atoms with Gasteiger partial charge in [0.25, 0.3) is 10.2 Å². The molecule has 0 saturated carbocycles. The fraction of sp³-hybridized carbons (Fsp3) is 0.538. The fourth-order valence-electron chi connectivity index (χ4n) is 2.76. The highest BCUT2D eigenvalue weighted by Gasteiger charge is 2.37. The van der Waals surface area contributed by atoms with Gasteiger partial charge in [0.05, 0.1) is 18.8 Å². The molecule has 2 atom stereocenters. The summed E-state index contributed by atoms with van der Waals surface area (Å²) in [5.74, 6) is 0.687. The van der Waals surface area contributed by atoms with Crippen molar-refractivity contribution in [2.75, 3.05) is 6.54 Å². The third kappa shape index (κ3) is 3.21. The zero-order valence-corrected chi connectivity index (χ0v) is 13.1. The number of hydrogen-bond donors (Lipinski definition) is 1. The Morgan fingerprint density at radius 2 is 2.41 bits per heavy atom. The summed E-state index contributed by atoms with van der Waals surface area (Å²) >= 11 is 0. The molecule has 1 aliphatic rings. The molecule has 120 valence electrons. The minimum atomic E-state index is -3.58. The monoisotopic (exact) mass is 325 g/mol. The highest BCUT2D eigenvalue weighted by Crippen LogP contribution is 2.33. The summed E-state index contributed by atoms with van der Waals surface area (Å²) in [5.41, 5.74) is 0. The summed E-state index contributed by atoms with van der Waals surface area (Å²) in [6.45, 7) is 2.73. The van der Waals surface area contributed by atoms with E-state index in [2.05, 4.69) is 14.8 Å². The average Bonchev–Trinajstić information content (AvgIpc) is 3.20. The van der Waals surface area contributed by atoms with Gasteiger partial charge in [0, 0.05) is 12.6 Å². The summed E-state index contributed by atoms with van der Waals surface area (Å²) in [5, 5.41) is 3.98. The summed E-state index contributed by atoms with van der Waals surface area (Å²) in [6, 6.07) is 3.08. The van der Waals surface area contributed by atoms with Crippen molar-refractivity contribution in [2.24, 2.45) is 0 Å². The van der Waals surface area contributed by atoms with Crippen molar-refractivity contribution in [3.05, 3.63) is 36.8 Å². The van der Waals surface area contributed by atoms with Crippen LogP contribution in [0.1, 0.15) is 31.6 Å². The number of nitrogens with zero attached hydrogens (tertiary/aromatic N) is 4. The van der Waals surface area contributed by atoms with Crippen molar-refractivity contribution in [1.29, 1.82) is 0 Å². The Hall–Kier alpha value is -1.71. The summed E-state index contributed by atoms with van der Waals surface area (Å²) < 4.78 is 36.4. The molecule has 9 heteroatoms. The standard InChI is InChI=1S/C13H19N5O3S/c1-11(8-17-10-14-9-15-17)16-22(19,20)18-6-2-4-12(18)13-5-3-7-21-13/h3,5,7,9-12,16H,2,4,6,8H2,1H3/t11-,12+/m0/s1. The van der Waals surface area contributed by atoms with Crippen LogP contribution in [-0.4, -0.2) is 40.1 Å². The molecule has 22 heavy (non-hydrogen) atoms. The Kier molecular flexibility index (Phi) is 4.27. The van der Waals surface area contributed by atoms with Crippen LogP contribution >= 0.6 is 0 Å². The lowest BCUT2D eigenvalue weighted by atomic mass is 10.2. The summed E-state index contributed by atoms with van der Waals surface area (Å²) in [4.78, 5) is 3.85. The van der Waals surface area contributed by atoms with Gasteiger partial charge in [0.2, 0.25) is 0 Å². The van der Waals surface area contributed by atoms with Crippen LogP contribution in [0.15, 0.2) is 35.5 Å². The molecule has 0 spiro atoms. The van der Waals surface area contributed by atoms with Crippen molar-refractivity contribution in [3.8, 4) is 0 Å². The highest BCUT2D eigenvalue weighted by molar-refractivity contribution is 7.87. The van der Waals surface area contributed by atoms with E-state index < -0.39 is 10.2 Å². The molecule has 1 saturated heterocycles. The molecule has 1 N–H and O–H groups in total. The van der Waals surface area contributed by atoms with Gasteiger partial charge in [-0.25, -0.2) is 4.98 Å². The molecule has 8 nitrogen and oxygen atoms in total. The molecular weight excluding hydrogens is 306 g/mol. The second-order valence-electron chi connectivity index (χ2n) is 5.43. The number of rotatable bonds is 6. The fourth-order valence-corrected chi connectivity index (χ4v) is 4.39. The second kappa shape index (κ2) is 6.19. The van der Waals surface area contributed by atoms with Crippen molar-refractivity contribution >= 4 is 10.2 Å². The van der Waals surface area contributed by atoms with Gasteiger partial charge in [-0.05, 0) is 31.9 Å². The highest BCUT2D eigenvalue weighted by atomic mass is 32.2. The second-order valence-corrected chi connectivity index (χ2v) is 7.08. The molecule has 2 aromatic rings. The van der Waals surface area contributed by atoms with Crippen LogP contribution in [0, 0.1) is 0 Å². The van der Waals surface area contributed by atoms with Gasteiger partial charge in [0.15, 0.2) is 0 Å². The van der Waals surface area contributed by atoms with Gasteiger partial charge >= 0.3 is 0 Å². The van der Waals surface area contributed by atoms with E-state index in [0.717, 1.165) is 12.8 Å². The van der Waals surface area contributed by atoms with Crippen LogP contribution in [0.4, 0.5) is 0 Å². The van der Waals surface area contributed by atoms with Crippen LogP contribution in [0.3, 0.4) is 0 Å². The third-order valence-corrected chi connectivity index (χ3v) is 5.42. The molecule has 3 heterocycles. The molecule has 0 amide bonds. The smallest absolute Gasteiger partial charge is 0.280 e. The molecule has 0 bridgehead atoms. The molecule has 0 aromatic carbocycles. The van der Waals surface area contributed by atoms with E-state index >= 15 is 0 Å². The van der Waals surface area contributed by atoms with Crippen molar-refractivity contribution in [1.82, 2.24) is 23.8 Å². The molecule has 3 rings (SSSR count). The zero-order valence-electron chi connectivity index (χ0n) is 12.3. The van der Waals surface area contributed by atoms with Gasteiger partial charge < -0.3 is 4.42 Å². The zero-order chi connectivity index (χ0) is 15.6. The topological polar surface area (TPSA) is 93.3 Å². The SMILES string of the molecule is C[C@@H](Cn1cncn1)NS(=O)(=O)N1CCC[C@@H]1c1ccco1. The van der Waals surface area contributed by atoms with Crippen molar-refractivity contribution in [3.63, 3.8) is 0 Å². The first-order valence-corrected chi connectivity index (χ1v) is 8.65. The Labute approximate surface area is 129 Å². The van der Waals surface area contributed by atoms with Crippen LogP contribution in [0.2, 0.25) is 0 Å². The molecule has 0 radical (unpaired) electrons. The molecule has 1 fully saturated rings. The molecule has 0 aliphatic carbocycles. The maximum absolute atomic E-state index is 12.6. The van der Waals surface area contributed by atoms with E-state index in [4.69, 9.17) is 4.42 Å². The van der Waals surface area contributed by atoms with Gasteiger partial charge in [-0.1, -0.05) is 0 Å². The van der Waals surface area contributed by atoms with E-state index in [1.165, 1.54) is 10.6 Å². The lowest BCUT2D eigenvalue weighted by molar-refractivity contribution is 0.331. The van der Waals surface area contributed by atoms with Crippen LogP contribution < -0.4 is 4.72 Å². The largest absolute Gasteiger partial charge is 0.468 e. The van der Waals surface area contributed by atoms with Gasteiger partial charge in [-0.2, -0.15) is 22.5 Å². The molecule has 2 aromatic heterocycles. The average molecular weight is 325 g/mol. The lowest BCUT2D eigenvalue weighted by Crippen LogP contribution is -2.45. The normalized spacial score (nSPS) is 21.2. The number of furan rings is 1. The first kappa shape index (κ1) is 15.2. The van der Waals surface area contributed by atoms with Crippen LogP contribution in [-0.2, 0) is 16.8 Å². The summed E-state index contributed by atoms with van der Waals surface area (Å²) in [6.07, 6.45) is 6.15. The lowest BCUT2D eigenvalue weighted by Gasteiger charge is -2.25. The predicted octanol–water partition coefficient (Wildman–Crippen LogP) is 0.931. The maximum Gasteiger partial charge on any atom is 0.280 e. The van der Waals surface area contributed by atoms with Crippen molar-refractivity contribution in [2.45, 2.75) is 38.4 Å². The van der Waals surface area contributed by atoms with Gasteiger partial charge in [0.1, 0.15) is 18.4 Å². The first-order chi connectivity index (χ1) is 10.6. The number of nitrogens with one attached hydrogen (secondary N) is 1. The Balaban J connectivity index is 1.69. The minimum Gasteiger partial charge on any atom is -0.468 e. The van der Waals surface area contributed by atoms with E-state index in [0.29, 0.717) is 18.8 Å². The van der Waals surface area contributed by atoms with E-state index in [9.17, 15) is 8.42 Å². The van der Waals surface area contributed by atoms with Crippen LogP contribution in [0.5, 0.6) is 0 Å². The summed E-state index contributed by atoms with van der Waals surface area (Å²) in [7, 11) is -3.58. The molecule has 1 aliphatic heterocycles. The maximum atomic E-state index is 12.6. The Bertz CT molecular complexity index is 683. The first-order valence-electron chi connectivity index (χ1n) is 7.21. The number of hydrogen-bond acceptors (Lipinski definition) is 5. The van der Waals surface area contributed by atoms with Gasteiger partial charge in [-0.3, -0.25) is 4.68 Å². The van der Waals surface area contributed by atoms with E-state index in [1.807, 2.05) is 6.07 Å². The number of aromatic nitrogens is 3. The Morgan fingerprint density at radius 1 is 1.55 bits per heavy atom. The third-order valence-electron chi connectivity index (χ3n) is 3.66. The molecular formula is C13H19N5O3S.